The summed E-state index contributed by atoms with van der Waals surface area (Å²) in [6.45, 7) is 4.95. The Kier molecular flexibility index (Phi) is 3.45. The Balaban J connectivity index is 2.21. The maximum Gasteiger partial charge on any atom is 0.244 e. The van der Waals surface area contributed by atoms with Crippen LogP contribution < -0.4 is 11.1 Å². The summed E-state index contributed by atoms with van der Waals surface area (Å²) in [6.07, 6.45) is 0. The van der Waals surface area contributed by atoms with Gasteiger partial charge in [0.15, 0.2) is 0 Å². The minimum Gasteiger partial charge on any atom is -0.368 e. The summed E-state index contributed by atoms with van der Waals surface area (Å²) in [5.74, 6) is 0.943. The number of anilines is 2. The molecule has 0 saturated carbocycles. The van der Waals surface area contributed by atoms with E-state index >= 15 is 0 Å². The van der Waals surface area contributed by atoms with Gasteiger partial charge >= 0.3 is 0 Å². The lowest BCUT2D eigenvalue weighted by Crippen LogP contribution is -2.09. The summed E-state index contributed by atoms with van der Waals surface area (Å²) in [6, 6.07) is 5.93. The van der Waals surface area contributed by atoms with Gasteiger partial charge in [-0.25, -0.2) is 4.39 Å². The smallest absolute Gasteiger partial charge is 0.244 e. The van der Waals surface area contributed by atoms with Crippen molar-refractivity contribution in [3.63, 3.8) is 0 Å². The fraction of sp³-hybridized carbons (Fsp3) is 0.333. The Morgan fingerprint density at radius 1 is 1.33 bits per heavy atom. The van der Waals surface area contributed by atoms with Gasteiger partial charge in [-0.05, 0) is 30.2 Å². The molecule has 0 amide bonds. The highest BCUT2D eigenvalue weighted by Gasteiger charge is 2.08. The fourth-order valence-electron chi connectivity index (χ4n) is 1.47. The van der Waals surface area contributed by atoms with Crippen LogP contribution in [0.25, 0.3) is 5.69 Å². The van der Waals surface area contributed by atoms with Gasteiger partial charge in [-0.1, -0.05) is 13.8 Å². The van der Waals surface area contributed by atoms with E-state index in [0.29, 0.717) is 17.6 Å². The highest BCUT2D eigenvalue weighted by molar-refractivity contribution is 5.41. The molecule has 2 rings (SSSR count). The van der Waals surface area contributed by atoms with Crippen LogP contribution in [0, 0.1) is 11.7 Å². The monoisotopic (exact) mass is 249 g/mol. The lowest BCUT2D eigenvalue weighted by Gasteiger charge is -2.04. The number of hydrogen-bond acceptors (Lipinski definition) is 4. The number of nitrogens with two attached hydrogens (primary N) is 1. The third-order valence-corrected chi connectivity index (χ3v) is 2.37. The predicted molar refractivity (Wildman–Crippen MR) is 69.1 cm³/mol. The Labute approximate surface area is 105 Å². The summed E-state index contributed by atoms with van der Waals surface area (Å²) in [4.78, 5) is 4.11. The normalized spacial score (nSPS) is 10.9. The van der Waals surface area contributed by atoms with Gasteiger partial charge in [0, 0.05) is 6.54 Å². The SMILES string of the molecule is CC(C)CNc1nc(N)n(-c2ccc(F)cc2)n1. The van der Waals surface area contributed by atoms with Gasteiger partial charge in [0.05, 0.1) is 5.69 Å². The van der Waals surface area contributed by atoms with Crippen molar-refractivity contribution < 1.29 is 4.39 Å². The minimum absolute atomic E-state index is 0.271. The van der Waals surface area contributed by atoms with Crippen molar-refractivity contribution >= 4 is 11.9 Å². The topological polar surface area (TPSA) is 68.8 Å². The molecule has 5 nitrogen and oxygen atoms in total. The quantitative estimate of drug-likeness (QED) is 0.870. The van der Waals surface area contributed by atoms with Crippen LogP contribution in [0.1, 0.15) is 13.8 Å². The summed E-state index contributed by atoms with van der Waals surface area (Å²) in [7, 11) is 0. The number of benzene rings is 1. The van der Waals surface area contributed by atoms with Crippen LogP contribution in [0.4, 0.5) is 16.3 Å². The van der Waals surface area contributed by atoms with Crippen molar-refractivity contribution in [1.82, 2.24) is 14.8 Å². The first-order chi connectivity index (χ1) is 8.56. The first-order valence-electron chi connectivity index (χ1n) is 5.78. The number of aromatic nitrogens is 3. The number of nitrogens with zero attached hydrogens (tertiary/aromatic N) is 3. The largest absolute Gasteiger partial charge is 0.368 e. The second-order valence-corrected chi connectivity index (χ2v) is 4.46. The maximum atomic E-state index is 12.8. The zero-order valence-electron chi connectivity index (χ0n) is 10.4. The van der Waals surface area contributed by atoms with E-state index in [2.05, 4.69) is 29.2 Å². The van der Waals surface area contributed by atoms with Crippen molar-refractivity contribution in [3.05, 3.63) is 30.1 Å². The molecule has 96 valence electrons. The number of halogens is 1. The van der Waals surface area contributed by atoms with Gasteiger partial charge in [-0.15, -0.1) is 5.10 Å². The predicted octanol–water partition coefficient (Wildman–Crippen LogP) is 2.06. The highest BCUT2D eigenvalue weighted by atomic mass is 19.1. The van der Waals surface area contributed by atoms with Crippen molar-refractivity contribution in [2.24, 2.45) is 5.92 Å². The fourth-order valence-corrected chi connectivity index (χ4v) is 1.47. The molecule has 0 fully saturated rings. The Hall–Kier alpha value is -2.11. The molecule has 0 aliphatic carbocycles. The van der Waals surface area contributed by atoms with Crippen LogP contribution in [-0.2, 0) is 0 Å². The molecule has 2 aromatic rings. The van der Waals surface area contributed by atoms with Crippen LogP contribution in [0.15, 0.2) is 24.3 Å². The Morgan fingerprint density at radius 3 is 2.61 bits per heavy atom. The molecular formula is C12H16FN5. The molecule has 18 heavy (non-hydrogen) atoms. The zero-order valence-corrected chi connectivity index (χ0v) is 10.4. The van der Waals surface area contributed by atoms with Crippen molar-refractivity contribution in [3.8, 4) is 5.69 Å². The molecular weight excluding hydrogens is 233 g/mol. The van der Waals surface area contributed by atoms with Crippen molar-refractivity contribution in [2.75, 3.05) is 17.6 Å². The van der Waals surface area contributed by atoms with Gasteiger partial charge < -0.3 is 11.1 Å². The van der Waals surface area contributed by atoms with Gasteiger partial charge in [0.25, 0.3) is 0 Å². The van der Waals surface area contributed by atoms with E-state index in [1.54, 1.807) is 12.1 Å². The van der Waals surface area contributed by atoms with E-state index in [0.717, 1.165) is 6.54 Å². The lowest BCUT2D eigenvalue weighted by atomic mass is 10.2. The first-order valence-corrected chi connectivity index (χ1v) is 5.78. The molecule has 0 bridgehead atoms. The van der Waals surface area contributed by atoms with Crippen molar-refractivity contribution in [1.29, 1.82) is 0 Å². The third-order valence-electron chi connectivity index (χ3n) is 2.37. The van der Waals surface area contributed by atoms with Crippen molar-refractivity contribution in [2.45, 2.75) is 13.8 Å². The number of hydrogen-bond donors (Lipinski definition) is 2. The molecule has 0 radical (unpaired) electrons. The molecule has 3 N–H and O–H groups in total. The van der Waals surface area contributed by atoms with E-state index in [1.165, 1.54) is 16.8 Å². The Bertz CT molecular complexity index is 518. The number of rotatable bonds is 4. The summed E-state index contributed by atoms with van der Waals surface area (Å²) >= 11 is 0. The van der Waals surface area contributed by atoms with Gasteiger partial charge in [0.2, 0.25) is 11.9 Å². The molecule has 0 saturated heterocycles. The first kappa shape index (κ1) is 12.3. The van der Waals surface area contributed by atoms with E-state index < -0.39 is 0 Å². The van der Waals surface area contributed by atoms with E-state index in [-0.39, 0.29) is 11.8 Å². The van der Waals surface area contributed by atoms with Crippen LogP contribution in [0.2, 0.25) is 0 Å². The molecule has 1 aromatic heterocycles. The minimum atomic E-state index is -0.296. The number of nitrogen functional groups attached to an aromatic ring is 1. The number of nitrogens with one attached hydrogen (secondary N) is 1. The summed E-state index contributed by atoms with van der Waals surface area (Å²) in [5, 5.41) is 7.32. The molecule has 1 aromatic carbocycles. The molecule has 0 unspecified atom stereocenters. The van der Waals surface area contributed by atoms with Crippen LogP contribution >= 0.6 is 0 Å². The van der Waals surface area contributed by atoms with Gasteiger partial charge in [0.1, 0.15) is 5.82 Å². The van der Waals surface area contributed by atoms with Crippen LogP contribution in [0.3, 0.4) is 0 Å². The molecule has 0 aliphatic heterocycles. The van der Waals surface area contributed by atoms with E-state index in [4.69, 9.17) is 5.73 Å². The van der Waals surface area contributed by atoms with E-state index in [1.807, 2.05) is 0 Å². The zero-order chi connectivity index (χ0) is 13.1. The van der Waals surface area contributed by atoms with Gasteiger partial charge in [-0.2, -0.15) is 9.67 Å². The van der Waals surface area contributed by atoms with E-state index in [9.17, 15) is 4.39 Å². The maximum absolute atomic E-state index is 12.8. The lowest BCUT2D eigenvalue weighted by molar-refractivity contribution is 0.627. The summed E-state index contributed by atoms with van der Waals surface area (Å²) < 4.78 is 14.3. The molecule has 6 heteroatoms. The van der Waals surface area contributed by atoms with Crippen LogP contribution in [-0.4, -0.2) is 21.3 Å². The molecule has 0 spiro atoms. The molecule has 1 heterocycles. The summed E-state index contributed by atoms with van der Waals surface area (Å²) in [5.41, 5.74) is 6.45. The average molecular weight is 249 g/mol. The standard InChI is InChI=1S/C12H16FN5/c1-8(2)7-15-12-16-11(14)18(17-12)10-5-3-9(13)4-6-10/h3-6,8H,7H2,1-2H3,(H3,14,15,16,17). The molecule has 0 atom stereocenters. The average Bonchev–Trinajstić information content (AvgIpc) is 2.69. The Morgan fingerprint density at radius 2 is 2.00 bits per heavy atom. The van der Waals surface area contributed by atoms with Crippen LogP contribution in [0.5, 0.6) is 0 Å². The second-order valence-electron chi connectivity index (χ2n) is 4.46. The highest BCUT2D eigenvalue weighted by Crippen LogP contribution is 2.14. The molecule has 0 aliphatic rings. The third kappa shape index (κ3) is 2.77. The second kappa shape index (κ2) is 5.03. The van der Waals surface area contributed by atoms with Gasteiger partial charge in [-0.3, -0.25) is 0 Å².